The Morgan fingerprint density at radius 3 is 2.48 bits per heavy atom. The fourth-order valence-corrected chi connectivity index (χ4v) is 3.04. The summed E-state index contributed by atoms with van der Waals surface area (Å²) < 4.78 is 11.0. The highest BCUT2D eigenvalue weighted by Crippen LogP contribution is 2.30. The van der Waals surface area contributed by atoms with Crippen molar-refractivity contribution in [3.05, 3.63) is 35.4 Å². The SMILES string of the molecule is Cc1ccc([C@H]2[C@H](C(=O)N3CCOCC3)OCC(=O)N2C)cc1. The summed E-state index contributed by atoms with van der Waals surface area (Å²) in [5.74, 6) is -0.181. The monoisotopic (exact) mass is 318 g/mol. The molecule has 1 aromatic carbocycles. The molecule has 0 spiro atoms. The lowest BCUT2D eigenvalue weighted by atomic mass is 9.96. The maximum atomic E-state index is 12.9. The number of aryl methyl sites for hydroxylation is 1. The lowest BCUT2D eigenvalue weighted by Crippen LogP contribution is -2.55. The molecular weight excluding hydrogens is 296 g/mol. The van der Waals surface area contributed by atoms with Crippen molar-refractivity contribution in [2.45, 2.75) is 19.1 Å². The highest BCUT2D eigenvalue weighted by Gasteiger charge is 2.41. The van der Waals surface area contributed by atoms with E-state index in [1.807, 2.05) is 31.2 Å². The zero-order valence-electron chi connectivity index (χ0n) is 13.5. The Morgan fingerprint density at radius 1 is 1.17 bits per heavy atom. The van der Waals surface area contributed by atoms with Crippen LogP contribution in [0.2, 0.25) is 0 Å². The summed E-state index contributed by atoms with van der Waals surface area (Å²) in [7, 11) is 1.73. The molecule has 124 valence electrons. The van der Waals surface area contributed by atoms with Crippen molar-refractivity contribution in [3.63, 3.8) is 0 Å². The average molecular weight is 318 g/mol. The van der Waals surface area contributed by atoms with Crippen molar-refractivity contribution in [1.82, 2.24) is 9.80 Å². The van der Waals surface area contributed by atoms with E-state index in [2.05, 4.69) is 0 Å². The van der Waals surface area contributed by atoms with Crippen molar-refractivity contribution >= 4 is 11.8 Å². The van der Waals surface area contributed by atoms with Gasteiger partial charge in [-0.1, -0.05) is 29.8 Å². The van der Waals surface area contributed by atoms with Crippen molar-refractivity contribution in [2.24, 2.45) is 0 Å². The highest BCUT2D eigenvalue weighted by atomic mass is 16.5. The summed E-state index contributed by atoms with van der Waals surface area (Å²) in [4.78, 5) is 28.3. The Kier molecular flexibility index (Phi) is 4.63. The normalized spacial score (nSPS) is 25.6. The lowest BCUT2D eigenvalue weighted by Gasteiger charge is -2.40. The number of hydrogen-bond donors (Lipinski definition) is 0. The van der Waals surface area contributed by atoms with Gasteiger partial charge >= 0.3 is 0 Å². The minimum atomic E-state index is -0.668. The van der Waals surface area contributed by atoms with Crippen LogP contribution in [0, 0.1) is 6.92 Å². The number of amides is 2. The summed E-state index contributed by atoms with van der Waals surface area (Å²) in [5.41, 5.74) is 2.05. The smallest absolute Gasteiger partial charge is 0.254 e. The van der Waals surface area contributed by atoms with Crippen LogP contribution >= 0.6 is 0 Å². The molecule has 1 aromatic rings. The maximum absolute atomic E-state index is 12.9. The van der Waals surface area contributed by atoms with Crippen LogP contribution in [0.25, 0.3) is 0 Å². The van der Waals surface area contributed by atoms with E-state index < -0.39 is 12.1 Å². The molecular formula is C17H22N2O4. The first kappa shape index (κ1) is 16.0. The molecule has 2 amide bonds. The van der Waals surface area contributed by atoms with E-state index in [0.717, 1.165) is 11.1 Å². The number of carbonyl (C=O) groups excluding carboxylic acids is 2. The summed E-state index contributed by atoms with van der Waals surface area (Å²) in [5, 5.41) is 0. The molecule has 2 aliphatic heterocycles. The number of nitrogens with zero attached hydrogens (tertiary/aromatic N) is 2. The largest absolute Gasteiger partial charge is 0.378 e. The van der Waals surface area contributed by atoms with Gasteiger partial charge in [-0.2, -0.15) is 0 Å². The molecule has 0 aliphatic carbocycles. The standard InChI is InChI=1S/C17H22N2O4/c1-12-3-5-13(6-4-12)15-16(23-11-14(20)18(15)2)17(21)19-7-9-22-10-8-19/h3-6,15-16H,7-11H2,1-2H3/t15-,16+/m0/s1. The van der Waals surface area contributed by atoms with Crippen LogP contribution in [0.3, 0.4) is 0 Å². The average Bonchev–Trinajstić information content (AvgIpc) is 2.58. The van der Waals surface area contributed by atoms with Gasteiger partial charge in [-0.05, 0) is 12.5 Å². The van der Waals surface area contributed by atoms with E-state index in [-0.39, 0.29) is 18.4 Å². The van der Waals surface area contributed by atoms with Crippen LogP contribution in [-0.2, 0) is 19.1 Å². The second-order valence-corrected chi connectivity index (χ2v) is 6.03. The van der Waals surface area contributed by atoms with Crippen LogP contribution < -0.4 is 0 Å². The second-order valence-electron chi connectivity index (χ2n) is 6.03. The lowest BCUT2D eigenvalue weighted by molar-refractivity contribution is -0.169. The molecule has 2 atom stereocenters. The van der Waals surface area contributed by atoms with Crippen molar-refractivity contribution in [3.8, 4) is 0 Å². The molecule has 2 fully saturated rings. The van der Waals surface area contributed by atoms with Crippen molar-refractivity contribution < 1.29 is 19.1 Å². The Morgan fingerprint density at radius 2 is 1.83 bits per heavy atom. The van der Waals surface area contributed by atoms with E-state index in [1.165, 1.54) is 0 Å². The molecule has 2 saturated heterocycles. The van der Waals surface area contributed by atoms with Crippen molar-refractivity contribution in [1.29, 1.82) is 0 Å². The van der Waals surface area contributed by atoms with Gasteiger partial charge in [0.2, 0.25) is 5.91 Å². The topological polar surface area (TPSA) is 59.1 Å². The number of morpholine rings is 2. The van der Waals surface area contributed by atoms with Gasteiger partial charge in [0.1, 0.15) is 6.61 Å². The predicted molar refractivity (Wildman–Crippen MR) is 83.8 cm³/mol. The van der Waals surface area contributed by atoms with Crippen LogP contribution in [0.1, 0.15) is 17.2 Å². The minimum absolute atomic E-state index is 0.0559. The molecule has 2 aliphatic rings. The fraction of sp³-hybridized carbons (Fsp3) is 0.529. The minimum Gasteiger partial charge on any atom is -0.378 e. The first-order valence-electron chi connectivity index (χ1n) is 7.88. The van der Waals surface area contributed by atoms with Gasteiger partial charge in [0.25, 0.3) is 5.91 Å². The number of likely N-dealkylation sites (N-methyl/N-ethyl adjacent to an activating group) is 1. The second kappa shape index (κ2) is 6.68. The summed E-state index contributed by atoms with van der Waals surface area (Å²) in [6, 6.07) is 7.49. The fourth-order valence-electron chi connectivity index (χ4n) is 3.04. The number of carbonyl (C=O) groups is 2. The molecule has 3 rings (SSSR count). The van der Waals surface area contributed by atoms with Crippen molar-refractivity contribution in [2.75, 3.05) is 40.0 Å². The third-order valence-electron chi connectivity index (χ3n) is 4.47. The molecule has 6 heteroatoms. The number of benzene rings is 1. The molecule has 0 saturated carbocycles. The Balaban J connectivity index is 1.87. The molecule has 0 N–H and O–H groups in total. The molecule has 0 bridgehead atoms. The van der Waals surface area contributed by atoms with Crippen LogP contribution in [0.5, 0.6) is 0 Å². The van der Waals surface area contributed by atoms with Gasteiger partial charge in [-0.15, -0.1) is 0 Å². The third-order valence-corrected chi connectivity index (χ3v) is 4.47. The third kappa shape index (κ3) is 3.23. The van der Waals surface area contributed by atoms with Gasteiger partial charge in [-0.25, -0.2) is 0 Å². The summed E-state index contributed by atoms with van der Waals surface area (Å²) in [6.45, 7) is 4.17. The van der Waals surface area contributed by atoms with Crippen LogP contribution in [0.4, 0.5) is 0 Å². The molecule has 0 unspecified atom stereocenters. The zero-order chi connectivity index (χ0) is 16.4. The number of rotatable bonds is 2. The molecule has 2 heterocycles. The molecule has 0 radical (unpaired) electrons. The quantitative estimate of drug-likeness (QED) is 0.807. The predicted octanol–water partition coefficient (Wildman–Crippen LogP) is 0.752. The Labute approximate surface area is 136 Å². The van der Waals surface area contributed by atoms with Gasteiger partial charge < -0.3 is 19.3 Å². The van der Waals surface area contributed by atoms with Gasteiger partial charge in [-0.3, -0.25) is 9.59 Å². The van der Waals surface area contributed by atoms with E-state index >= 15 is 0 Å². The van der Waals surface area contributed by atoms with E-state index in [1.54, 1.807) is 16.8 Å². The van der Waals surface area contributed by atoms with Gasteiger partial charge in [0, 0.05) is 20.1 Å². The summed E-state index contributed by atoms with van der Waals surface area (Å²) >= 11 is 0. The Bertz CT molecular complexity index is 581. The van der Waals surface area contributed by atoms with Gasteiger partial charge in [0.15, 0.2) is 6.10 Å². The summed E-state index contributed by atoms with van der Waals surface area (Å²) in [6.07, 6.45) is -0.668. The van der Waals surface area contributed by atoms with Gasteiger partial charge in [0.05, 0.1) is 19.3 Å². The van der Waals surface area contributed by atoms with E-state index in [4.69, 9.17) is 9.47 Å². The molecule has 6 nitrogen and oxygen atoms in total. The number of ether oxygens (including phenoxy) is 2. The molecule has 0 aromatic heterocycles. The zero-order valence-corrected chi connectivity index (χ0v) is 13.5. The van der Waals surface area contributed by atoms with Crippen LogP contribution in [0.15, 0.2) is 24.3 Å². The Hall–Kier alpha value is -1.92. The first-order chi connectivity index (χ1) is 11.1. The number of hydrogen-bond acceptors (Lipinski definition) is 4. The van der Waals surface area contributed by atoms with Crippen LogP contribution in [-0.4, -0.2) is 67.7 Å². The molecule has 23 heavy (non-hydrogen) atoms. The van der Waals surface area contributed by atoms with E-state index in [9.17, 15) is 9.59 Å². The first-order valence-corrected chi connectivity index (χ1v) is 7.88. The maximum Gasteiger partial charge on any atom is 0.254 e. The van der Waals surface area contributed by atoms with E-state index in [0.29, 0.717) is 26.3 Å². The highest BCUT2D eigenvalue weighted by molar-refractivity contribution is 5.86.